The number of carbonyl (C=O) groups is 2. The zero-order chi connectivity index (χ0) is 13.0. The largest absolute Gasteiger partial charge is 0.479 e. The normalized spacial score (nSPS) is 9.94. The lowest BCUT2D eigenvalue weighted by Crippen LogP contribution is -2.28. The van der Waals surface area contributed by atoms with Crippen molar-refractivity contribution >= 4 is 17.7 Å². The number of hydrogen-bond donors (Lipinski definition) is 2. The Balaban J connectivity index is 2.70. The molecule has 17 heavy (non-hydrogen) atoms. The van der Waals surface area contributed by atoms with Gasteiger partial charge in [-0.1, -0.05) is 0 Å². The van der Waals surface area contributed by atoms with E-state index >= 15 is 0 Å². The van der Waals surface area contributed by atoms with Crippen molar-refractivity contribution in [3.8, 4) is 0 Å². The van der Waals surface area contributed by atoms with Gasteiger partial charge in [-0.25, -0.2) is 14.8 Å². The van der Waals surface area contributed by atoms with Crippen LogP contribution in [0.3, 0.4) is 0 Å². The van der Waals surface area contributed by atoms with Gasteiger partial charge in [0.2, 0.25) is 0 Å². The number of hydroxylamine groups is 1. The molecule has 0 bridgehead atoms. The van der Waals surface area contributed by atoms with Crippen LogP contribution in [0, 0.1) is 10.1 Å². The summed E-state index contributed by atoms with van der Waals surface area (Å²) in [7, 11) is 1.34. The highest BCUT2D eigenvalue weighted by atomic mass is 16.7. The number of hydrogen-bond acceptors (Lipinski definition) is 5. The third kappa shape index (κ3) is 3.01. The molecule has 0 aliphatic heterocycles. The first kappa shape index (κ1) is 12.6. The average Bonchev–Trinajstić information content (AvgIpc) is 2.59. The van der Waals surface area contributed by atoms with Crippen LogP contribution in [-0.4, -0.2) is 33.1 Å². The van der Waals surface area contributed by atoms with E-state index in [1.165, 1.54) is 13.1 Å². The van der Waals surface area contributed by atoms with Crippen molar-refractivity contribution in [2.75, 3.05) is 6.61 Å². The summed E-state index contributed by atoms with van der Waals surface area (Å²) in [5, 5.41) is 18.8. The quantitative estimate of drug-likeness (QED) is 0.539. The molecule has 0 fully saturated rings. The molecule has 1 aromatic heterocycles. The second-order valence-corrected chi connectivity index (χ2v) is 3.01. The number of aromatic nitrogens is 1. The van der Waals surface area contributed by atoms with Gasteiger partial charge >= 0.3 is 17.7 Å². The van der Waals surface area contributed by atoms with Crippen LogP contribution < -0.4 is 5.48 Å². The van der Waals surface area contributed by atoms with Crippen LogP contribution >= 0.6 is 0 Å². The fourth-order valence-corrected chi connectivity index (χ4v) is 1.13. The molecule has 1 amide bonds. The Kier molecular flexibility index (Phi) is 3.78. The molecule has 0 aliphatic carbocycles. The molecule has 0 unspecified atom stereocenters. The molecule has 1 aromatic rings. The Morgan fingerprint density at radius 3 is 2.71 bits per heavy atom. The molecule has 9 nitrogen and oxygen atoms in total. The van der Waals surface area contributed by atoms with E-state index in [0.717, 1.165) is 10.6 Å². The lowest BCUT2D eigenvalue weighted by molar-refractivity contribution is -0.391. The lowest BCUT2D eigenvalue weighted by Gasteiger charge is -2.02. The minimum absolute atomic E-state index is 0.0120. The van der Waals surface area contributed by atoms with Crippen LogP contribution in [0.15, 0.2) is 12.1 Å². The highest BCUT2D eigenvalue weighted by molar-refractivity contribution is 5.92. The summed E-state index contributed by atoms with van der Waals surface area (Å²) in [5.74, 6) is -2.27. The smallest absolute Gasteiger partial charge is 0.332 e. The van der Waals surface area contributed by atoms with Crippen molar-refractivity contribution in [2.45, 2.75) is 0 Å². The van der Waals surface area contributed by atoms with Crippen molar-refractivity contribution in [2.24, 2.45) is 7.05 Å². The van der Waals surface area contributed by atoms with Gasteiger partial charge in [-0.3, -0.25) is 9.63 Å². The SMILES string of the molecule is Cn1c(C(=O)NOCC(=O)O)ccc1[N+](=O)[O-]. The predicted octanol–water partition coefficient (Wildman–Crippen LogP) is -0.321. The van der Waals surface area contributed by atoms with E-state index in [0.29, 0.717) is 0 Å². The molecule has 0 radical (unpaired) electrons. The van der Waals surface area contributed by atoms with Gasteiger partial charge in [0.1, 0.15) is 0 Å². The van der Waals surface area contributed by atoms with Crippen LogP contribution in [0.1, 0.15) is 10.5 Å². The summed E-state index contributed by atoms with van der Waals surface area (Å²) in [5.41, 5.74) is 1.85. The van der Waals surface area contributed by atoms with Crippen LogP contribution in [0.25, 0.3) is 0 Å². The van der Waals surface area contributed by atoms with Gasteiger partial charge in [0.05, 0.1) is 7.05 Å². The minimum Gasteiger partial charge on any atom is -0.479 e. The Morgan fingerprint density at radius 1 is 1.59 bits per heavy atom. The van der Waals surface area contributed by atoms with Gasteiger partial charge in [-0.2, -0.15) is 0 Å². The standard InChI is InChI=1S/C8H9N3O6/c1-10-5(2-3-6(10)11(15)16)8(14)9-17-4-7(12)13/h2-3H,4H2,1H3,(H,9,14)(H,12,13). The number of nitro groups is 1. The summed E-state index contributed by atoms with van der Waals surface area (Å²) in [6.45, 7) is -0.696. The predicted molar refractivity (Wildman–Crippen MR) is 53.1 cm³/mol. The van der Waals surface area contributed by atoms with Crippen molar-refractivity contribution in [3.63, 3.8) is 0 Å². The topological polar surface area (TPSA) is 124 Å². The maximum absolute atomic E-state index is 11.4. The number of carboxylic acids is 1. The van der Waals surface area contributed by atoms with E-state index in [9.17, 15) is 19.7 Å². The van der Waals surface area contributed by atoms with Gasteiger partial charge in [-0.15, -0.1) is 0 Å². The molecule has 1 heterocycles. The van der Waals surface area contributed by atoms with E-state index in [1.54, 1.807) is 0 Å². The highest BCUT2D eigenvalue weighted by Crippen LogP contribution is 2.14. The summed E-state index contributed by atoms with van der Waals surface area (Å²) < 4.78 is 1.06. The summed E-state index contributed by atoms with van der Waals surface area (Å²) >= 11 is 0. The monoisotopic (exact) mass is 243 g/mol. The number of aliphatic carboxylic acids is 1. The van der Waals surface area contributed by atoms with Gasteiger partial charge in [0.15, 0.2) is 12.3 Å². The number of carboxylic acid groups (broad SMARTS) is 1. The van der Waals surface area contributed by atoms with E-state index < -0.39 is 23.4 Å². The summed E-state index contributed by atoms with van der Waals surface area (Å²) in [6, 6.07) is 2.39. The number of rotatable bonds is 5. The molecule has 92 valence electrons. The molecule has 0 aromatic carbocycles. The minimum atomic E-state index is -1.25. The Bertz CT molecular complexity index is 466. The van der Waals surface area contributed by atoms with Crippen molar-refractivity contribution in [1.82, 2.24) is 10.0 Å². The lowest BCUT2D eigenvalue weighted by atomic mass is 10.4. The second-order valence-electron chi connectivity index (χ2n) is 3.01. The number of nitrogens with one attached hydrogen (secondary N) is 1. The third-order valence-electron chi connectivity index (χ3n) is 1.88. The Hall–Kier alpha value is -2.42. The molecule has 1 rings (SSSR count). The zero-order valence-electron chi connectivity index (χ0n) is 8.74. The fraction of sp³-hybridized carbons (Fsp3) is 0.250. The first-order valence-corrected chi connectivity index (χ1v) is 4.37. The maximum Gasteiger partial charge on any atom is 0.332 e. The molecule has 0 spiro atoms. The Morgan fingerprint density at radius 2 is 2.24 bits per heavy atom. The molecule has 0 atom stereocenters. The van der Waals surface area contributed by atoms with Crippen LogP contribution in [0.5, 0.6) is 0 Å². The van der Waals surface area contributed by atoms with E-state index in [4.69, 9.17) is 5.11 Å². The van der Waals surface area contributed by atoms with Crippen LogP contribution in [-0.2, 0) is 16.7 Å². The summed E-state index contributed by atoms with van der Waals surface area (Å²) in [4.78, 5) is 35.7. The van der Waals surface area contributed by atoms with Crippen LogP contribution in [0.2, 0.25) is 0 Å². The average molecular weight is 243 g/mol. The van der Waals surface area contributed by atoms with E-state index in [-0.39, 0.29) is 11.5 Å². The van der Waals surface area contributed by atoms with Gasteiger partial charge in [0.25, 0.3) is 0 Å². The fourth-order valence-electron chi connectivity index (χ4n) is 1.13. The molecule has 0 saturated carbocycles. The van der Waals surface area contributed by atoms with Gasteiger partial charge in [0, 0.05) is 6.07 Å². The van der Waals surface area contributed by atoms with Gasteiger partial charge < -0.3 is 15.2 Å². The number of carbonyl (C=O) groups excluding carboxylic acids is 1. The molecule has 2 N–H and O–H groups in total. The van der Waals surface area contributed by atoms with E-state index in [2.05, 4.69) is 4.84 Å². The molecule has 0 aliphatic rings. The van der Waals surface area contributed by atoms with Gasteiger partial charge in [-0.05, 0) is 11.0 Å². The molecule has 0 saturated heterocycles. The maximum atomic E-state index is 11.4. The zero-order valence-corrected chi connectivity index (χ0v) is 8.74. The van der Waals surface area contributed by atoms with Crippen molar-refractivity contribution in [1.29, 1.82) is 0 Å². The number of nitrogens with zero attached hydrogens (tertiary/aromatic N) is 2. The molecule has 9 heteroatoms. The van der Waals surface area contributed by atoms with Crippen molar-refractivity contribution < 1.29 is 24.5 Å². The van der Waals surface area contributed by atoms with E-state index in [1.807, 2.05) is 5.48 Å². The highest BCUT2D eigenvalue weighted by Gasteiger charge is 2.20. The molecular formula is C8H9N3O6. The van der Waals surface area contributed by atoms with Crippen molar-refractivity contribution in [3.05, 3.63) is 27.9 Å². The molecular weight excluding hydrogens is 234 g/mol. The second kappa shape index (κ2) is 5.07. The Labute approximate surface area is 94.7 Å². The van der Waals surface area contributed by atoms with Crippen LogP contribution in [0.4, 0.5) is 5.82 Å². The summed E-state index contributed by atoms with van der Waals surface area (Å²) in [6.07, 6.45) is 0. The third-order valence-corrected chi connectivity index (χ3v) is 1.88. The number of amides is 1. The first-order valence-electron chi connectivity index (χ1n) is 4.37. The first-order chi connectivity index (χ1) is 7.93.